The zero-order valence-electron chi connectivity index (χ0n) is 21.5. The van der Waals surface area contributed by atoms with Crippen molar-refractivity contribution in [3.05, 3.63) is 27.3 Å². The molecule has 196 valence electrons. The number of aryl methyl sites for hydroxylation is 2. The lowest BCUT2D eigenvalue weighted by atomic mass is 9.81. The van der Waals surface area contributed by atoms with Crippen LogP contribution in [0.3, 0.4) is 0 Å². The van der Waals surface area contributed by atoms with Gasteiger partial charge >= 0.3 is 11.9 Å². The maximum absolute atomic E-state index is 13.2. The average molecular weight is 522 g/mol. The van der Waals surface area contributed by atoms with E-state index in [1.807, 2.05) is 0 Å². The number of anilines is 2. The lowest BCUT2D eigenvalue weighted by Crippen LogP contribution is -2.60. The number of thiophene rings is 1. The van der Waals surface area contributed by atoms with Crippen LogP contribution in [0.25, 0.3) is 0 Å². The first kappa shape index (κ1) is 27.3. The first-order valence-corrected chi connectivity index (χ1v) is 12.4. The molecule has 0 unspecified atom stereocenters. The first-order chi connectivity index (χ1) is 16.9. The Morgan fingerprint density at radius 3 is 2.11 bits per heavy atom. The van der Waals surface area contributed by atoms with Gasteiger partial charge in [0.2, 0.25) is 0 Å². The van der Waals surface area contributed by atoms with Crippen molar-refractivity contribution in [3.8, 4) is 0 Å². The molecule has 2 aromatic rings. The van der Waals surface area contributed by atoms with Gasteiger partial charge in [0, 0.05) is 12.8 Å². The number of carbonyl (C=O) groups excluding carboxylic acids is 4. The molecule has 2 amide bonds. The van der Waals surface area contributed by atoms with Gasteiger partial charge in [0.15, 0.2) is 13.1 Å². The number of nitrogens with one attached hydrogen (secondary N) is 2. The number of piperidine rings is 1. The zero-order chi connectivity index (χ0) is 26.7. The molecule has 2 N–H and O–H groups in total. The van der Waals surface area contributed by atoms with Crippen LogP contribution in [0.2, 0.25) is 0 Å². The Morgan fingerprint density at radius 2 is 1.56 bits per heavy atom. The molecule has 0 atom stereocenters. The third kappa shape index (κ3) is 6.11. The predicted molar refractivity (Wildman–Crippen MR) is 133 cm³/mol. The van der Waals surface area contributed by atoms with Crippen molar-refractivity contribution in [2.75, 3.05) is 51.0 Å². The Morgan fingerprint density at radius 1 is 1.00 bits per heavy atom. The monoisotopic (exact) mass is 521 g/mol. The first-order valence-electron chi connectivity index (χ1n) is 11.6. The number of hydrogen-bond donors (Lipinski definition) is 2. The number of esters is 2. The SMILES string of the molecule is COC(=O)c1onc(C)c1NC(=O)C[N+]1(CC(=O)Nc2c(C)csc2C(=O)OC)CCC(C)(C)CC1. The van der Waals surface area contributed by atoms with Gasteiger partial charge in [-0.05, 0) is 30.2 Å². The Balaban J connectivity index is 1.79. The number of hydrogen-bond acceptors (Lipinski definition) is 9. The molecule has 1 aliphatic heterocycles. The minimum Gasteiger partial charge on any atom is -0.465 e. The van der Waals surface area contributed by atoms with Crippen molar-refractivity contribution in [3.63, 3.8) is 0 Å². The number of carbonyl (C=O) groups is 4. The smallest absolute Gasteiger partial charge is 0.379 e. The summed E-state index contributed by atoms with van der Waals surface area (Å²) < 4.78 is 14.8. The Bertz CT molecular complexity index is 1080. The molecule has 2 aromatic heterocycles. The number of aromatic nitrogens is 1. The lowest BCUT2D eigenvalue weighted by molar-refractivity contribution is -0.919. The summed E-state index contributed by atoms with van der Waals surface area (Å²) in [7, 11) is 2.50. The van der Waals surface area contributed by atoms with E-state index >= 15 is 0 Å². The molecule has 12 heteroatoms. The summed E-state index contributed by atoms with van der Waals surface area (Å²) in [6, 6.07) is 0. The third-order valence-corrected chi connectivity index (χ3v) is 7.67. The summed E-state index contributed by atoms with van der Waals surface area (Å²) >= 11 is 1.20. The summed E-state index contributed by atoms with van der Waals surface area (Å²) in [5, 5.41) is 11.1. The van der Waals surface area contributed by atoms with Gasteiger partial charge in [0.05, 0.1) is 33.0 Å². The summed E-state index contributed by atoms with van der Waals surface area (Å²) in [4.78, 5) is 50.8. The van der Waals surface area contributed by atoms with E-state index in [2.05, 4.69) is 29.6 Å². The zero-order valence-corrected chi connectivity index (χ0v) is 22.3. The Kier molecular flexibility index (Phi) is 8.19. The largest absolute Gasteiger partial charge is 0.465 e. The molecule has 0 radical (unpaired) electrons. The van der Waals surface area contributed by atoms with E-state index in [0.717, 1.165) is 18.4 Å². The third-order valence-electron chi connectivity index (χ3n) is 6.59. The van der Waals surface area contributed by atoms with E-state index in [0.29, 0.717) is 29.3 Å². The van der Waals surface area contributed by atoms with E-state index in [1.165, 1.54) is 25.6 Å². The average Bonchev–Trinajstić information content (AvgIpc) is 3.37. The van der Waals surface area contributed by atoms with Gasteiger partial charge in [-0.3, -0.25) is 9.59 Å². The quantitative estimate of drug-likeness (QED) is 0.399. The van der Waals surface area contributed by atoms with Gasteiger partial charge < -0.3 is 29.1 Å². The van der Waals surface area contributed by atoms with Gasteiger partial charge in [-0.1, -0.05) is 19.0 Å². The van der Waals surface area contributed by atoms with Crippen molar-refractivity contribution in [2.45, 2.75) is 40.5 Å². The van der Waals surface area contributed by atoms with E-state index in [1.54, 1.807) is 19.2 Å². The van der Waals surface area contributed by atoms with Crippen LogP contribution in [0.1, 0.15) is 58.2 Å². The second-order valence-electron chi connectivity index (χ2n) is 9.94. The molecular formula is C24H33N4O7S+. The molecule has 36 heavy (non-hydrogen) atoms. The number of nitrogens with zero attached hydrogens (tertiary/aromatic N) is 2. The second-order valence-corrected chi connectivity index (χ2v) is 10.8. The summed E-state index contributed by atoms with van der Waals surface area (Å²) in [5.74, 6) is -2.12. The summed E-state index contributed by atoms with van der Waals surface area (Å²) in [6.45, 7) is 9.05. The van der Waals surface area contributed by atoms with Crippen LogP contribution in [0, 0.1) is 19.3 Å². The summed E-state index contributed by atoms with van der Waals surface area (Å²) in [6.07, 6.45) is 1.66. The number of likely N-dealkylation sites (tertiary alicyclic amines) is 1. The maximum atomic E-state index is 13.2. The summed E-state index contributed by atoms with van der Waals surface area (Å²) in [5.41, 5.74) is 1.79. The second kappa shape index (κ2) is 10.8. The van der Waals surface area contributed by atoms with Crippen molar-refractivity contribution in [1.82, 2.24) is 5.16 Å². The highest BCUT2D eigenvalue weighted by atomic mass is 32.1. The van der Waals surface area contributed by atoms with E-state index in [9.17, 15) is 19.2 Å². The molecule has 1 fully saturated rings. The molecule has 0 aromatic carbocycles. The normalized spacial score (nSPS) is 16.2. The standard InChI is InChI=1S/C24H32N4O7S/c1-14-13-36-21(23(32)34-6)18(14)25-16(29)11-28(9-7-24(3,4)8-10-28)12-17(30)26-19-15(2)27-35-20(19)22(31)33-5/h13H,7-12H2,1-6H3,(H-,25,26,29,30,31,32)/p+1. The van der Waals surface area contributed by atoms with E-state index in [4.69, 9.17) is 14.0 Å². The number of ether oxygens (including phenoxy) is 2. The van der Waals surface area contributed by atoms with Crippen LogP contribution in [0.5, 0.6) is 0 Å². The molecule has 11 nitrogen and oxygen atoms in total. The van der Waals surface area contributed by atoms with Crippen molar-refractivity contribution >= 4 is 46.5 Å². The highest BCUT2D eigenvalue weighted by molar-refractivity contribution is 7.12. The van der Waals surface area contributed by atoms with Crippen LogP contribution in [-0.2, 0) is 19.1 Å². The molecule has 0 bridgehead atoms. The molecule has 3 heterocycles. The minimum atomic E-state index is -0.749. The molecule has 3 rings (SSSR count). The fraction of sp³-hybridized carbons (Fsp3) is 0.542. The molecule has 0 spiro atoms. The van der Waals surface area contributed by atoms with Gasteiger partial charge in [-0.25, -0.2) is 9.59 Å². The van der Waals surface area contributed by atoms with Gasteiger partial charge in [-0.15, -0.1) is 11.3 Å². The molecule has 0 saturated carbocycles. The van der Waals surface area contributed by atoms with Gasteiger partial charge in [-0.2, -0.15) is 0 Å². The predicted octanol–water partition coefficient (Wildman–Crippen LogP) is 3.14. The molecular weight excluding hydrogens is 488 g/mol. The fourth-order valence-corrected chi connectivity index (χ4v) is 5.17. The Labute approximate surface area is 213 Å². The lowest BCUT2D eigenvalue weighted by Gasteiger charge is -2.45. The molecule has 0 aliphatic carbocycles. The number of quaternary nitrogens is 1. The molecule has 1 saturated heterocycles. The fourth-order valence-electron chi connectivity index (χ4n) is 4.25. The van der Waals surface area contributed by atoms with Crippen LogP contribution < -0.4 is 10.6 Å². The van der Waals surface area contributed by atoms with E-state index in [-0.39, 0.29) is 46.2 Å². The van der Waals surface area contributed by atoms with Crippen LogP contribution in [-0.4, -0.2) is 73.8 Å². The minimum absolute atomic E-state index is 0.0151. The van der Waals surface area contributed by atoms with Gasteiger partial charge in [0.25, 0.3) is 17.6 Å². The van der Waals surface area contributed by atoms with E-state index < -0.39 is 11.9 Å². The number of amides is 2. The van der Waals surface area contributed by atoms with Crippen LogP contribution >= 0.6 is 11.3 Å². The molecule has 1 aliphatic rings. The topological polar surface area (TPSA) is 137 Å². The van der Waals surface area contributed by atoms with Crippen molar-refractivity contribution < 1.29 is 37.7 Å². The van der Waals surface area contributed by atoms with Crippen molar-refractivity contribution in [1.29, 1.82) is 0 Å². The highest BCUT2D eigenvalue weighted by Crippen LogP contribution is 2.34. The van der Waals surface area contributed by atoms with Crippen LogP contribution in [0.15, 0.2) is 9.90 Å². The highest BCUT2D eigenvalue weighted by Gasteiger charge is 2.41. The van der Waals surface area contributed by atoms with Crippen molar-refractivity contribution in [2.24, 2.45) is 5.41 Å². The van der Waals surface area contributed by atoms with Crippen LogP contribution in [0.4, 0.5) is 11.4 Å². The maximum Gasteiger partial charge on any atom is 0.379 e. The number of methoxy groups -OCH3 is 2. The van der Waals surface area contributed by atoms with Gasteiger partial charge in [0.1, 0.15) is 16.3 Å². The Hall–Kier alpha value is -3.25. The number of rotatable bonds is 8.